The highest BCUT2D eigenvalue weighted by Crippen LogP contribution is 2.30. The number of ether oxygens (including phenoxy) is 2. The SMILES string of the molecule is CCOC(=O)CCCNc1ccc([N+](=O)[O-])c(OCC)c1. The fourth-order valence-electron chi connectivity index (χ4n) is 1.74. The maximum Gasteiger partial charge on any atom is 0.311 e. The van der Waals surface area contributed by atoms with Gasteiger partial charge < -0.3 is 14.8 Å². The molecule has 0 saturated heterocycles. The molecule has 0 saturated carbocycles. The number of carbonyl (C=O) groups is 1. The van der Waals surface area contributed by atoms with Crippen LogP contribution in [0.2, 0.25) is 0 Å². The van der Waals surface area contributed by atoms with E-state index in [0.29, 0.717) is 38.3 Å². The number of benzene rings is 1. The van der Waals surface area contributed by atoms with E-state index in [1.54, 1.807) is 26.0 Å². The molecular weight excluding hydrogens is 276 g/mol. The van der Waals surface area contributed by atoms with Gasteiger partial charge in [0.05, 0.1) is 18.1 Å². The van der Waals surface area contributed by atoms with Crippen LogP contribution in [0.3, 0.4) is 0 Å². The highest BCUT2D eigenvalue weighted by Gasteiger charge is 2.15. The molecule has 0 aliphatic heterocycles. The standard InChI is InChI=1S/C14H20N2O5/c1-3-20-13-10-11(7-8-12(13)16(18)19)15-9-5-6-14(17)21-4-2/h7-8,10,15H,3-6,9H2,1-2H3. The van der Waals surface area contributed by atoms with Gasteiger partial charge in [-0.05, 0) is 26.3 Å². The molecular formula is C14H20N2O5. The summed E-state index contributed by atoms with van der Waals surface area (Å²) >= 11 is 0. The minimum atomic E-state index is -0.477. The predicted octanol–water partition coefficient (Wildman–Crippen LogP) is 2.75. The third-order valence-electron chi connectivity index (χ3n) is 2.65. The molecule has 0 heterocycles. The Morgan fingerprint density at radius 3 is 2.71 bits per heavy atom. The molecule has 7 nitrogen and oxygen atoms in total. The van der Waals surface area contributed by atoms with Crippen LogP contribution in [0.4, 0.5) is 11.4 Å². The number of rotatable bonds is 9. The zero-order valence-corrected chi connectivity index (χ0v) is 12.3. The lowest BCUT2D eigenvalue weighted by Gasteiger charge is -2.09. The highest BCUT2D eigenvalue weighted by molar-refractivity contribution is 5.69. The molecule has 0 radical (unpaired) electrons. The van der Waals surface area contributed by atoms with Gasteiger partial charge in [-0.3, -0.25) is 14.9 Å². The Bertz CT molecular complexity index is 490. The second-order valence-electron chi connectivity index (χ2n) is 4.21. The molecule has 0 spiro atoms. The molecule has 116 valence electrons. The monoisotopic (exact) mass is 296 g/mol. The van der Waals surface area contributed by atoms with Crippen LogP contribution in [0.5, 0.6) is 5.75 Å². The summed E-state index contributed by atoms with van der Waals surface area (Å²) in [5.41, 5.74) is 0.654. The molecule has 0 aromatic heterocycles. The van der Waals surface area contributed by atoms with E-state index in [9.17, 15) is 14.9 Å². The van der Waals surface area contributed by atoms with E-state index in [1.165, 1.54) is 6.07 Å². The summed E-state index contributed by atoms with van der Waals surface area (Å²) in [5, 5.41) is 14.0. The third-order valence-corrected chi connectivity index (χ3v) is 2.65. The van der Waals surface area contributed by atoms with Crippen LogP contribution in [-0.2, 0) is 9.53 Å². The van der Waals surface area contributed by atoms with Crippen LogP contribution < -0.4 is 10.1 Å². The van der Waals surface area contributed by atoms with Gasteiger partial charge in [-0.25, -0.2) is 0 Å². The van der Waals surface area contributed by atoms with Gasteiger partial charge in [0.1, 0.15) is 0 Å². The first-order chi connectivity index (χ1) is 10.1. The summed E-state index contributed by atoms with van der Waals surface area (Å²) in [6, 6.07) is 4.61. The van der Waals surface area contributed by atoms with Crippen LogP contribution in [-0.4, -0.2) is 30.7 Å². The van der Waals surface area contributed by atoms with Gasteiger partial charge in [0, 0.05) is 30.8 Å². The number of nitro groups is 1. The van der Waals surface area contributed by atoms with Crippen molar-refractivity contribution in [2.45, 2.75) is 26.7 Å². The number of hydrogen-bond acceptors (Lipinski definition) is 6. The number of nitrogens with zero attached hydrogens (tertiary/aromatic N) is 1. The Morgan fingerprint density at radius 1 is 1.33 bits per heavy atom. The van der Waals surface area contributed by atoms with Gasteiger partial charge in [-0.2, -0.15) is 0 Å². The number of esters is 1. The van der Waals surface area contributed by atoms with Gasteiger partial charge in [0.15, 0.2) is 5.75 Å². The van der Waals surface area contributed by atoms with Crippen LogP contribution in [0.1, 0.15) is 26.7 Å². The number of hydrogen-bond donors (Lipinski definition) is 1. The summed E-state index contributed by atoms with van der Waals surface area (Å²) in [6.07, 6.45) is 0.964. The first-order valence-corrected chi connectivity index (χ1v) is 6.89. The lowest BCUT2D eigenvalue weighted by atomic mass is 10.2. The summed E-state index contributed by atoms with van der Waals surface area (Å²) in [6.45, 7) is 4.84. The number of anilines is 1. The average Bonchev–Trinajstić information content (AvgIpc) is 2.44. The molecule has 7 heteroatoms. The molecule has 1 rings (SSSR count). The molecule has 0 unspecified atom stereocenters. The molecule has 0 amide bonds. The fraction of sp³-hybridized carbons (Fsp3) is 0.500. The number of nitrogens with one attached hydrogen (secondary N) is 1. The van der Waals surface area contributed by atoms with Gasteiger partial charge in [0.25, 0.3) is 0 Å². The van der Waals surface area contributed by atoms with E-state index in [4.69, 9.17) is 9.47 Å². The lowest BCUT2D eigenvalue weighted by molar-refractivity contribution is -0.385. The summed E-state index contributed by atoms with van der Waals surface area (Å²) < 4.78 is 10.1. The largest absolute Gasteiger partial charge is 0.487 e. The smallest absolute Gasteiger partial charge is 0.311 e. The maximum atomic E-state index is 11.2. The van der Waals surface area contributed by atoms with Gasteiger partial charge >= 0.3 is 11.7 Å². The van der Waals surface area contributed by atoms with Crippen molar-refractivity contribution in [3.8, 4) is 5.75 Å². The van der Waals surface area contributed by atoms with Crippen molar-refractivity contribution in [2.24, 2.45) is 0 Å². The molecule has 0 aliphatic carbocycles. The Kier molecular flexibility index (Phi) is 7.00. The first kappa shape index (κ1) is 16.7. The summed E-state index contributed by atoms with van der Waals surface area (Å²) in [4.78, 5) is 21.6. The number of carbonyl (C=O) groups excluding carboxylic acids is 1. The van der Waals surface area contributed by atoms with E-state index in [-0.39, 0.29) is 17.4 Å². The van der Waals surface area contributed by atoms with Crippen molar-refractivity contribution < 1.29 is 19.2 Å². The van der Waals surface area contributed by atoms with Crippen LogP contribution in [0.25, 0.3) is 0 Å². The molecule has 0 fully saturated rings. The molecule has 0 atom stereocenters. The van der Waals surface area contributed by atoms with E-state index < -0.39 is 4.92 Å². The Hall–Kier alpha value is -2.31. The quantitative estimate of drug-likeness (QED) is 0.326. The third kappa shape index (κ3) is 5.68. The average molecular weight is 296 g/mol. The first-order valence-electron chi connectivity index (χ1n) is 6.89. The van der Waals surface area contributed by atoms with Crippen molar-refractivity contribution in [3.05, 3.63) is 28.3 Å². The van der Waals surface area contributed by atoms with Crippen LogP contribution in [0, 0.1) is 10.1 Å². The van der Waals surface area contributed by atoms with Crippen molar-refractivity contribution in [2.75, 3.05) is 25.1 Å². The van der Waals surface area contributed by atoms with Crippen molar-refractivity contribution in [1.82, 2.24) is 0 Å². The Morgan fingerprint density at radius 2 is 2.10 bits per heavy atom. The van der Waals surface area contributed by atoms with E-state index in [2.05, 4.69) is 5.32 Å². The second-order valence-corrected chi connectivity index (χ2v) is 4.21. The Balaban J connectivity index is 2.54. The van der Waals surface area contributed by atoms with Crippen molar-refractivity contribution in [1.29, 1.82) is 0 Å². The Labute approximate surface area is 123 Å². The molecule has 0 aliphatic rings. The minimum Gasteiger partial charge on any atom is -0.487 e. The molecule has 0 bridgehead atoms. The zero-order valence-electron chi connectivity index (χ0n) is 12.3. The minimum absolute atomic E-state index is 0.0612. The fourth-order valence-corrected chi connectivity index (χ4v) is 1.74. The van der Waals surface area contributed by atoms with E-state index >= 15 is 0 Å². The van der Waals surface area contributed by atoms with E-state index in [0.717, 1.165) is 0 Å². The van der Waals surface area contributed by atoms with Gasteiger partial charge in [-0.15, -0.1) is 0 Å². The molecule has 1 aromatic rings. The van der Waals surface area contributed by atoms with Gasteiger partial charge in [-0.1, -0.05) is 0 Å². The topological polar surface area (TPSA) is 90.7 Å². The normalized spacial score (nSPS) is 10.0. The summed E-state index contributed by atoms with van der Waals surface area (Å²) in [7, 11) is 0. The second kappa shape index (κ2) is 8.78. The van der Waals surface area contributed by atoms with Gasteiger partial charge in [0.2, 0.25) is 0 Å². The van der Waals surface area contributed by atoms with Crippen LogP contribution in [0.15, 0.2) is 18.2 Å². The summed E-state index contributed by atoms with van der Waals surface area (Å²) in [5.74, 6) is 0.0101. The predicted molar refractivity (Wildman–Crippen MR) is 78.6 cm³/mol. The molecule has 21 heavy (non-hydrogen) atoms. The maximum absolute atomic E-state index is 11.2. The highest BCUT2D eigenvalue weighted by atomic mass is 16.6. The lowest BCUT2D eigenvalue weighted by Crippen LogP contribution is -2.08. The molecule has 1 aromatic carbocycles. The zero-order chi connectivity index (χ0) is 15.7. The van der Waals surface area contributed by atoms with Crippen molar-refractivity contribution in [3.63, 3.8) is 0 Å². The number of nitro benzene ring substituents is 1. The van der Waals surface area contributed by atoms with E-state index in [1.807, 2.05) is 0 Å². The van der Waals surface area contributed by atoms with Crippen molar-refractivity contribution >= 4 is 17.3 Å². The van der Waals surface area contributed by atoms with Crippen LogP contribution >= 0.6 is 0 Å². The molecule has 1 N–H and O–H groups in total.